The molecule has 1 aromatic rings. The van der Waals surface area contributed by atoms with E-state index in [2.05, 4.69) is 46.0 Å². The maximum absolute atomic E-state index is 10.1. The second-order valence-electron chi connectivity index (χ2n) is 2.81. The molecule has 0 aliphatic carbocycles. The monoisotopic (exact) mass is 198 g/mol. The van der Waals surface area contributed by atoms with E-state index in [1.807, 2.05) is 6.07 Å². The average Bonchev–Trinajstić information content (AvgIpc) is 2.10. The molecule has 0 fully saturated rings. The first-order valence-corrected chi connectivity index (χ1v) is 4.46. The van der Waals surface area contributed by atoms with Crippen molar-refractivity contribution < 1.29 is 4.39 Å². The Bertz CT molecular complexity index is 265. The summed E-state index contributed by atoms with van der Waals surface area (Å²) in [5, 5.41) is 0. The van der Waals surface area contributed by atoms with Crippen LogP contribution in [0.1, 0.15) is 16.7 Å². The first kappa shape index (κ1) is 12.2. The van der Waals surface area contributed by atoms with Crippen LogP contribution < -0.4 is 0 Å². The highest BCUT2D eigenvalue weighted by atomic mass is 32.1. The molecule has 0 bridgehead atoms. The number of aryl methyl sites for hydroxylation is 1. The van der Waals surface area contributed by atoms with Gasteiger partial charge in [0.1, 0.15) is 0 Å². The van der Waals surface area contributed by atoms with Crippen LogP contribution in [0.15, 0.2) is 29.9 Å². The molecule has 0 saturated carbocycles. The number of benzene rings is 1. The van der Waals surface area contributed by atoms with Gasteiger partial charge in [0, 0.05) is 4.90 Å². The summed E-state index contributed by atoms with van der Waals surface area (Å²) in [7, 11) is 0. The lowest BCUT2D eigenvalue weighted by atomic mass is 10.1. The van der Waals surface area contributed by atoms with Gasteiger partial charge in [-0.1, -0.05) is 12.6 Å². The first-order chi connectivity index (χ1) is 6.04. The van der Waals surface area contributed by atoms with Crippen LogP contribution >= 0.6 is 12.6 Å². The lowest BCUT2D eigenvalue weighted by Gasteiger charge is -2.05. The fraction of sp³-hybridized carbons (Fsp3) is 0.273. The quantitative estimate of drug-likeness (QED) is 0.598. The maximum Gasteiger partial charge on any atom is 0.0795 e. The molecular weight excluding hydrogens is 183 g/mol. The average molecular weight is 198 g/mol. The van der Waals surface area contributed by atoms with Crippen LogP contribution in [0.2, 0.25) is 0 Å². The second kappa shape index (κ2) is 5.81. The van der Waals surface area contributed by atoms with Crippen molar-refractivity contribution in [2.24, 2.45) is 0 Å². The topological polar surface area (TPSA) is 0 Å². The number of halogens is 1. The number of hydrogen-bond acceptors (Lipinski definition) is 1. The Morgan fingerprint density at radius 1 is 1.23 bits per heavy atom. The minimum atomic E-state index is 0.250. The van der Waals surface area contributed by atoms with Crippen LogP contribution in [0.25, 0.3) is 0 Å². The van der Waals surface area contributed by atoms with Gasteiger partial charge < -0.3 is 0 Å². The normalized spacial score (nSPS) is 8.69. The van der Waals surface area contributed by atoms with Crippen molar-refractivity contribution in [3.63, 3.8) is 0 Å². The molecule has 0 saturated heterocycles. The van der Waals surface area contributed by atoms with Gasteiger partial charge in [-0.05, 0) is 43.5 Å². The van der Waals surface area contributed by atoms with Crippen LogP contribution in [0, 0.1) is 20.8 Å². The standard InChI is InChI=1S/C9H12S.C2H3F/c1-6-4-5-9(10)8(3)7(6)2;1-2-3/h4-5,10H,1-3H3;2H,1H2. The molecule has 0 aliphatic heterocycles. The summed E-state index contributed by atoms with van der Waals surface area (Å²) in [5.41, 5.74) is 3.99. The zero-order valence-corrected chi connectivity index (χ0v) is 9.16. The van der Waals surface area contributed by atoms with Crippen LogP contribution in [-0.4, -0.2) is 0 Å². The van der Waals surface area contributed by atoms with Gasteiger partial charge in [0.05, 0.1) is 6.33 Å². The molecule has 0 spiro atoms. The van der Waals surface area contributed by atoms with Gasteiger partial charge >= 0.3 is 0 Å². The second-order valence-corrected chi connectivity index (χ2v) is 3.29. The minimum Gasteiger partial charge on any atom is -0.216 e. The van der Waals surface area contributed by atoms with Gasteiger partial charge in [-0.25, -0.2) is 4.39 Å². The summed E-state index contributed by atoms with van der Waals surface area (Å²) >= 11 is 4.31. The molecule has 0 aliphatic rings. The van der Waals surface area contributed by atoms with Crippen LogP contribution in [-0.2, 0) is 0 Å². The number of hydrogen-bond donors (Lipinski definition) is 1. The Morgan fingerprint density at radius 3 is 2.08 bits per heavy atom. The van der Waals surface area contributed by atoms with Crippen molar-refractivity contribution in [2.75, 3.05) is 0 Å². The Morgan fingerprint density at radius 2 is 1.69 bits per heavy atom. The van der Waals surface area contributed by atoms with E-state index in [0.717, 1.165) is 4.90 Å². The van der Waals surface area contributed by atoms with E-state index in [9.17, 15) is 4.39 Å². The number of rotatable bonds is 0. The fourth-order valence-electron chi connectivity index (χ4n) is 0.942. The number of thiol groups is 1. The zero-order chi connectivity index (χ0) is 10.4. The van der Waals surface area contributed by atoms with Crippen LogP contribution in [0.3, 0.4) is 0 Å². The molecule has 0 amide bonds. The van der Waals surface area contributed by atoms with Gasteiger partial charge in [-0.15, -0.1) is 12.6 Å². The van der Waals surface area contributed by atoms with Gasteiger partial charge in [0.2, 0.25) is 0 Å². The zero-order valence-electron chi connectivity index (χ0n) is 8.26. The van der Waals surface area contributed by atoms with Crippen molar-refractivity contribution in [2.45, 2.75) is 25.7 Å². The lowest BCUT2D eigenvalue weighted by Crippen LogP contribution is -1.86. The van der Waals surface area contributed by atoms with Gasteiger partial charge in [0.25, 0.3) is 0 Å². The van der Waals surface area contributed by atoms with Crippen LogP contribution in [0.5, 0.6) is 0 Å². The Kier molecular flexibility index (Phi) is 5.47. The molecule has 0 aromatic heterocycles. The fourth-order valence-corrected chi connectivity index (χ4v) is 1.18. The Balaban J connectivity index is 0.000000424. The molecule has 0 atom stereocenters. The van der Waals surface area contributed by atoms with Gasteiger partial charge in [0.15, 0.2) is 0 Å². The molecule has 0 unspecified atom stereocenters. The molecule has 1 rings (SSSR count). The summed E-state index contributed by atoms with van der Waals surface area (Å²) in [6, 6.07) is 4.14. The van der Waals surface area contributed by atoms with Crippen molar-refractivity contribution in [3.05, 3.63) is 41.7 Å². The molecule has 0 nitrogen and oxygen atoms in total. The minimum absolute atomic E-state index is 0.250. The molecule has 2 heteroatoms. The largest absolute Gasteiger partial charge is 0.216 e. The lowest BCUT2D eigenvalue weighted by molar-refractivity contribution is 0.725. The van der Waals surface area contributed by atoms with E-state index in [1.54, 1.807) is 0 Å². The van der Waals surface area contributed by atoms with Crippen molar-refractivity contribution in [1.82, 2.24) is 0 Å². The molecule has 0 radical (unpaired) electrons. The molecular formula is C11H15FS. The Labute approximate surface area is 84.9 Å². The van der Waals surface area contributed by atoms with Gasteiger partial charge in [-0.2, -0.15) is 0 Å². The Hall–Kier alpha value is -0.760. The molecule has 13 heavy (non-hydrogen) atoms. The third-order valence-electron chi connectivity index (χ3n) is 2.03. The molecule has 1 aromatic carbocycles. The molecule has 0 N–H and O–H groups in total. The van der Waals surface area contributed by atoms with E-state index < -0.39 is 0 Å². The van der Waals surface area contributed by atoms with Crippen molar-refractivity contribution >= 4 is 12.6 Å². The smallest absolute Gasteiger partial charge is 0.0795 e. The highest BCUT2D eigenvalue weighted by Crippen LogP contribution is 2.19. The maximum atomic E-state index is 10.1. The predicted molar refractivity (Wildman–Crippen MR) is 59.2 cm³/mol. The summed E-state index contributed by atoms with van der Waals surface area (Å²) in [6.45, 7) is 9.05. The first-order valence-electron chi connectivity index (χ1n) is 4.01. The molecule has 0 heterocycles. The van der Waals surface area contributed by atoms with Crippen molar-refractivity contribution in [1.29, 1.82) is 0 Å². The van der Waals surface area contributed by atoms with Crippen LogP contribution in [0.4, 0.5) is 4.39 Å². The third kappa shape index (κ3) is 3.64. The van der Waals surface area contributed by atoms with Crippen molar-refractivity contribution in [3.8, 4) is 0 Å². The third-order valence-corrected chi connectivity index (χ3v) is 2.51. The van der Waals surface area contributed by atoms with E-state index in [-0.39, 0.29) is 6.33 Å². The summed E-state index contributed by atoms with van der Waals surface area (Å²) in [5.74, 6) is 0. The SMILES string of the molecule is C=CF.Cc1ccc(S)c(C)c1C. The van der Waals surface area contributed by atoms with Gasteiger partial charge in [-0.3, -0.25) is 0 Å². The highest BCUT2D eigenvalue weighted by Gasteiger charge is 1.98. The van der Waals surface area contributed by atoms with E-state index >= 15 is 0 Å². The van der Waals surface area contributed by atoms with E-state index in [4.69, 9.17) is 0 Å². The summed E-state index contributed by atoms with van der Waals surface area (Å²) < 4.78 is 10.1. The summed E-state index contributed by atoms with van der Waals surface area (Å²) in [4.78, 5) is 1.09. The molecule has 72 valence electrons. The van der Waals surface area contributed by atoms with E-state index in [1.165, 1.54) is 16.7 Å². The highest BCUT2D eigenvalue weighted by molar-refractivity contribution is 7.80. The van der Waals surface area contributed by atoms with E-state index in [0.29, 0.717) is 0 Å². The summed E-state index contributed by atoms with van der Waals surface area (Å²) in [6.07, 6.45) is 0.250. The predicted octanol–water partition coefficient (Wildman–Crippen LogP) is 4.00.